The van der Waals surface area contributed by atoms with Crippen LogP contribution in [0.1, 0.15) is 16.8 Å². The molecule has 1 N–H and O–H groups in total. The van der Waals surface area contributed by atoms with E-state index in [4.69, 9.17) is 5.11 Å². The van der Waals surface area contributed by atoms with Gasteiger partial charge in [-0.25, -0.2) is 4.39 Å². The van der Waals surface area contributed by atoms with Crippen molar-refractivity contribution in [3.8, 4) is 0 Å². The van der Waals surface area contributed by atoms with Gasteiger partial charge in [-0.05, 0) is 24.6 Å². The van der Waals surface area contributed by atoms with Crippen molar-refractivity contribution in [1.29, 1.82) is 0 Å². The average Bonchev–Trinajstić information content (AvgIpc) is 2.77. The number of hydrogen-bond donors (Lipinski definition) is 1. The molecule has 0 saturated carbocycles. The molecular weight excluding hydrogens is 209 g/mol. The number of aliphatic hydroxyl groups excluding tert-OH is 1. The van der Waals surface area contributed by atoms with E-state index in [1.807, 2.05) is 4.90 Å². The lowest BCUT2D eigenvalue weighted by Crippen LogP contribution is -2.21. The number of aldehydes is 1. The number of benzene rings is 1. The van der Waals surface area contributed by atoms with Gasteiger partial charge in [-0.2, -0.15) is 0 Å². The van der Waals surface area contributed by atoms with E-state index < -0.39 is 0 Å². The third kappa shape index (κ3) is 2.07. The third-order valence-electron chi connectivity index (χ3n) is 2.99. The number of hydrogen-bond acceptors (Lipinski definition) is 3. The van der Waals surface area contributed by atoms with Gasteiger partial charge >= 0.3 is 0 Å². The molecule has 0 spiro atoms. The molecule has 1 aliphatic rings. The molecule has 1 saturated heterocycles. The quantitative estimate of drug-likeness (QED) is 0.789. The molecule has 16 heavy (non-hydrogen) atoms. The fourth-order valence-corrected chi connectivity index (χ4v) is 2.05. The smallest absolute Gasteiger partial charge is 0.150 e. The highest BCUT2D eigenvalue weighted by Crippen LogP contribution is 2.26. The first-order chi connectivity index (χ1) is 7.74. The molecule has 2 rings (SSSR count). The fourth-order valence-electron chi connectivity index (χ4n) is 2.05. The molecule has 0 aliphatic carbocycles. The van der Waals surface area contributed by atoms with Crippen LogP contribution in [-0.4, -0.2) is 31.1 Å². The van der Waals surface area contributed by atoms with Gasteiger partial charge in [-0.1, -0.05) is 0 Å². The number of carbonyl (C=O) groups excluding carboxylic acids is 1. The standard InChI is InChI=1S/C12H14FNO2/c13-11-5-9(7-15)1-2-12(11)14-4-3-10(6-14)8-16/h1-2,5,7,10,16H,3-4,6,8H2. The minimum absolute atomic E-state index is 0.143. The molecule has 1 fully saturated rings. The Morgan fingerprint density at radius 2 is 2.38 bits per heavy atom. The van der Waals surface area contributed by atoms with Crippen LogP contribution < -0.4 is 4.90 Å². The van der Waals surface area contributed by atoms with Gasteiger partial charge in [0.05, 0.1) is 5.69 Å². The van der Waals surface area contributed by atoms with Crippen molar-refractivity contribution in [2.24, 2.45) is 5.92 Å². The minimum Gasteiger partial charge on any atom is -0.396 e. The normalized spacial score (nSPS) is 20.1. The Labute approximate surface area is 93.5 Å². The Balaban J connectivity index is 2.18. The van der Waals surface area contributed by atoms with E-state index in [0.717, 1.165) is 13.0 Å². The van der Waals surface area contributed by atoms with Crippen molar-refractivity contribution >= 4 is 12.0 Å². The van der Waals surface area contributed by atoms with E-state index in [9.17, 15) is 9.18 Å². The van der Waals surface area contributed by atoms with Crippen LogP contribution in [0.5, 0.6) is 0 Å². The van der Waals surface area contributed by atoms with Crippen molar-refractivity contribution in [3.63, 3.8) is 0 Å². The van der Waals surface area contributed by atoms with Crippen molar-refractivity contribution in [1.82, 2.24) is 0 Å². The molecule has 0 radical (unpaired) electrons. The summed E-state index contributed by atoms with van der Waals surface area (Å²) in [6, 6.07) is 4.48. The van der Waals surface area contributed by atoms with Gasteiger partial charge in [0.25, 0.3) is 0 Å². The predicted molar refractivity (Wildman–Crippen MR) is 59.2 cm³/mol. The van der Waals surface area contributed by atoms with Gasteiger partial charge in [-0.15, -0.1) is 0 Å². The summed E-state index contributed by atoms with van der Waals surface area (Å²) in [6.45, 7) is 1.57. The lowest BCUT2D eigenvalue weighted by molar-refractivity contribution is 0.112. The van der Waals surface area contributed by atoms with Gasteiger partial charge in [0, 0.05) is 31.2 Å². The Bertz CT molecular complexity index is 395. The molecule has 1 aliphatic heterocycles. The maximum Gasteiger partial charge on any atom is 0.150 e. The summed E-state index contributed by atoms with van der Waals surface area (Å²) in [5.41, 5.74) is 0.862. The first-order valence-electron chi connectivity index (χ1n) is 5.35. The van der Waals surface area contributed by atoms with E-state index in [0.29, 0.717) is 24.1 Å². The number of halogens is 1. The average molecular weight is 223 g/mol. The fraction of sp³-hybridized carbons (Fsp3) is 0.417. The van der Waals surface area contributed by atoms with E-state index in [1.165, 1.54) is 6.07 Å². The third-order valence-corrected chi connectivity index (χ3v) is 2.99. The summed E-state index contributed by atoms with van der Waals surface area (Å²) in [5.74, 6) is -0.145. The van der Waals surface area contributed by atoms with Crippen LogP contribution in [0.25, 0.3) is 0 Å². The second-order valence-corrected chi connectivity index (χ2v) is 4.11. The van der Waals surface area contributed by atoms with Crippen LogP contribution in [-0.2, 0) is 0 Å². The van der Waals surface area contributed by atoms with E-state index in [1.54, 1.807) is 12.1 Å². The zero-order valence-electron chi connectivity index (χ0n) is 8.90. The summed E-state index contributed by atoms with van der Waals surface area (Å²) in [5, 5.41) is 9.02. The lowest BCUT2D eigenvalue weighted by Gasteiger charge is -2.19. The second kappa shape index (κ2) is 4.61. The van der Waals surface area contributed by atoms with Crippen LogP contribution in [0.2, 0.25) is 0 Å². The molecule has 0 bridgehead atoms. The van der Waals surface area contributed by atoms with Gasteiger partial charge in [-0.3, -0.25) is 4.79 Å². The van der Waals surface area contributed by atoms with Crippen molar-refractivity contribution < 1.29 is 14.3 Å². The van der Waals surface area contributed by atoms with Crippen LogP contribution in [0.4, 0.5) is 10.1 Å². The molecule has 0 amide bonds. The summed E-state index contributed by atoms with van der Waals surface area (Å²) in [6.07, 6.45) is 1.51. The molecule has 4 heteroatoms. The highest BCUT2D eigenvalue weighted by Gasteiger charge is 2.23. The van der Waals surface area contributed by atoms with Crippen LogP contribution in [0, 0.1) is 11.7 Å². The van der Waals surface area contributed by atoms with E-state index in [-0.39, 0.29) is 18.3 Å². The Morgan fingerprint density at radius 3 is 2.94 bits per heavy atom. The van der Waals surface area contributed by atoms with Gasteiger partial charge in [0.15, 0.2) is 0 Å². The number of rotatable bonds is 3. The molecule has 1 heterocycles. The SMILES string of the molecule is O=Cc1ccc(N2CCC(CO)C2)c(F)c1. The number of aliphatic hydroxyl groups is 1. The molecule has 1 atom stereocenters. The van der Waals surface area contributed by atoms with E-state index in [2.05, 4.69) is 0 Å². The molecule has 3 nitrogen and oxygen atoms in total. The molecule has 1 unspecified atom stereocenters. The zero-order valence-corrected chi connectivity index (χ0v) is 8.90. The second-order valence-electron chi connectivity index (χ2n) is 4.11. The van der Waals surface area contributed by atoms with Crippen LogP contribution in [0.15, 0.2) is 18.2 Å². The van der Waals surface area contributed by atoms with Gasteiger partial charge in [0.2, 0.25) is 0 Å². The highest BCUT2D eigenvalue weighted by atomic mass is 19.1. The number of carbonyl (C=O) groups is 1. The monoisotopic (exact) mass is 223 g/mol. The first kappa shape index (κ1) is 11.1. The molecular formula is C12H14FNO2. The van der Waals surface area contributed by atoms with Crippen molar-refractivity contribution in [2.75, 3.05) is 24.6 Å². The Hall–Kier alpha value is -1.42. The Kier molecular flexibility index (Phi) is 3.19. The van der Waals surface area contributed by atoms with Crippen molar-refractivity contribution in [3.05, 3.63) is 29.6 Å². The molecule has 86 valence electrons. The summed E-state index contributed by atoms with van der Waals surface area (Å²) in [7, 11) is 0. The van der Waals surface area contributed by atoms with E-state index >= 15 is 0 Å². The number of anilines is 1. The maximum atomic E-state index is 13.7. The first-order valence-corrected chi connectivity index (χ1v) is 5.35. The zero-order chi connectivity index (χ0) is 11.5. The lowest BCUT2D eigenvalue weighted by atomic mass is 10.1. The van der Waals surface area contributed by atoms with Gasteiger partial charge < -0.3 is 10.0 Å². The van der Waals surface area contributed by atoms with Crippen molar-refractivity contribution in [2.45, 2.75) is 6.42 Å². The molecule has 0 aromatic heterocycles. The predicted octanol–water partition coefficient (Wildman–Crippen LogP) is 1.46. The van der Waals surface area contributed by atoms with Gasteiger partial charge in [0.1, 0.15) is 12.1 Å². The molecule has 1 aromatic carbocycles. The highest BCUT2D eigenvalue weighted by molar-refractivity contribution is 5.76. The summed E-state index contributed by atoms with van der Waals surface area (Å²) >= 11 is 0. The number of nitrogens with zero attached hydrogens (tertiary/aromatic N) is 1. The van der Waals surface area contributed by atoms with Crippen LogP contribution in [0.3, 0.4) is 0 Å². The summed E-state index contributed by atoms with van der Waals surface area (Å²) < 4.78 is 13.7. The largest absolute Gasteiger partial charge is 0.396 e. The summed E-state index contributed by atoms with van der Waals surface area (Å²) in [4.78, 5) is 12.4. The Morgan fingerprint density at radius 1 is 1.56 bits per heavy atom. The topological polar surface area (TPSA) is 40.5 Å². The minimum atomic E-state index is -0.372. The molecule has 1 aromatic rings. The maximum absolute atomic E-state index is 13.7. The van der Waals surface area contributed by atoms with Crippen LogP contribution >= 0.6 is 0 Å².